The van der Waals surface area contributed by atoms with E-state index in [9.17, 15) is 4.79 Å². The highest BCUT2D eigenvalue weighted by Crippen LogP contribution is 2.07. The number of benzene rings is 2. The molecular formula is C22H30N4O. The summed E-state index contributed by atoms with van der Waals surface area (Å²) in [5.41, 5.74) is 3.21. The first-order valence-corrected chi connectivity index (χ1v) is 9.39. The normalized spacial score (nSPS) is 11.1. The molecule has 0 aliphatic heterocycles. The Morgan fingerprint density at radius 1 is 0.926 bits per heavy atom. The van der Waals surface area contributed by atoms with Crippen molar-refractivity contribution >= 4 is 11.9 Å². The average Bonchev–Trinajstić information content (AvgIpc) is 2.70. The first kappa shape index (κ1) is 20.5. The van der Waals surface area contributed by atoms with Gasteiger partial charge in [-0.25, -0.2) is 0 Å². The highest BCUT2D eigenvalue weighted by molar-refractivity contribution is 5.94. The molecular weight excluding hydrogens is 336 g/mol. The van der Waals surface area contributed by atoms with E-state index in [-0.39, 0.29) is 5.91 Å². The molecule has 0 radical (unpaired) electrons. The van der Waals surface area contributed by atoms with Crippen LogP contribution in [0.15, 0.2) is 59.6 Å². The standard InChI is InChI=1S/C22H30N4O/c1-23-22(24-15-8-12-18-9-5-4-6-10-18)25-16-14-19-11-7-13-20(17-19)21(27)26(2)3/h4-7,9-11,13,17H,8,12,14-16H2,1-3H3,(H2,23,24,25). The summed E-state index contributed by atoms with van der Waals surface area (Å²) in [5.74, 6) is 0.837. The molecule has 0 atom stereocenters. The van der Waals surface area contributed by atoms with Gasteiger partial charge in [-0.05, 0) is 42.5 Å². The fourth-order valence-electron chi connectivity index (χ4n) is 2.81. The quantitative estimate of drug-likeness (QED) is 0.429. The Morgan fingerprint density at radius 3 is 2.33 bits per heavy atom. The number of nitrogens with zero attached hydrogens (tertiary/aromatic N) is 2. The summed E-state index contributed by atoms with van der Waals surface area (Å²) in [7, 11) is 5.32. The van der Waals surface area contributed by atoms with Crippen LogP contribution >= 0.6 is 0 Å². The minimum absolute atomic E-state index is 0.0284. The molecule has 0 heterocycles. The molecule has 5 nitrogen and oxygen atoms in total. The molecule has 0 spiro atoms. The molecule has 2 rings (SSSR count). The molecule has 0 aliphatic rings. The van der Waals surface area contributed by atoms with Crippen LogP contribution in [0.3, 0.4) is 0 Å². The van der Waals surface area contributed by atoms with Crippen molar-refractivity contribution in [2.45, 2.75) is 19.3 Å². The summed E-state index contributed by atoms with van der Waals surface area (Å²) in [4.78, 5) is 17.9. The van der Waals surface area contributed by atoms with Crippen molar-refractivity contribution in [3.05, 3.63) is 71.3 Å². The predicted molar refractivity (Wildman–Crippen MR) is 112 cm³/mol. The van der Waals surface area contributed by atoms with Gasteiger partial charge in [0, 0.05) is 39.8 Å². The molecule has 2 aromatic rings. The Kier molecular flexibility index (Phi) is 8.36. The number of aryl methyl sites for hydroxylation is 1. The monoisotopic (exact) mass is 366 g/mol. The number of amides is 1. The van der Waals surface area contributed by atoms with Gasteiger partial charge in [-0.1, -0.05) is 42.5 Å². The van der Waals surface area contributed by atoms with Crippen LogP contribution in [0.4, 0.5) is 0 Å². The molecule has 0 aromatic heterocycles. The Morgan fingerprint density at radius 2 is 1.63 bits per heavy atom. The number of guanidine groups is 1. The maximum atomic E-state index is 12.1. The van der Waals surface area contributed by atoms with E-state index in [2.05, 4.69) is 39.9 Å². The molecule has 0 fully saturated rings. The van der Waals surface area contributed by atoms with E-state index in [0.717, 1.165) is 49.4 Å². The Labute approximate surface area is 162 Å². The van der Waals surface area contributed by atoms with E-state index in [1.807, 2.05) is 30.3 Å². The van der Waals surface area contributed by atoms with Crippen molar-refractivity contribution in [2.24, 2.45) is 4.99 Å². The van der Waals surface area contributed by atoms with Gasteiger partial charge in [0.05, 0.1) is 0 Å². The third-order valence-corrected chi connectivity index (χ3v) is 4.29. The number of carbonyl (C=O) groups is 1. The summed E-state index contributed by atoms with van der Waals surface area (Å²) < 4.78 is 0. The van der Waals surface area contributed by atoms with Crippen LogP contribution in [0.1, 0.15) is 27.9 Å². The molecule has 2 N–H and O–H groups in total. The molecule has 0 aliphatic carbocycles. The van der Waals surface area contributed by atoms with Crippen molar-refractivity contribution in [2.75, 3.05) is 34.2 Å². The number of hydrogen-bond donors (Lipinski definition) is 2. The summed E-state index contributed by atoms with van der Waals surface area (Å²) in [5, 5.41) is 6.68. The third kappa shape index (κ3) is 7.13. The number of nitrogens with one attached hydrogen (secondary N) is 2. The van der Waals surface area contributed by atoms with E-state index in [4.69, 9.17) is 0 Å². The molecule has 0 saturated heterocycles. The van der Waals surface area contributed by atoms with Gasteiger partial charge in [-0.2, -0.15) is 0 Å². The lowest BCUT2D eigenvalue weighted by atomic mass is 10.1. The fraction of sp³-hybridized carbons (Fsp3) is 0.364. The first-order valence-electron chi connectivity index (χ1n) is 9.39. The number of aliphatic imine (C=N–C) groups is 1. The molecule has 0 unspecified atom stereocenters. The lowest BCUT2D eigenvalue weighted by molar-refractivity contribution is 0.0827. The van der Waals surface area contributed by atoms with E-state index in [0.29, 0.717) is 0 Å². The van der Waals surface area contributed by atoms with Crippen LogP contribution in [0.2, 0.25) is 0 Å². The maximum absolute atomic E-state index is 12.1. The van der Waals surface area contributed by atoms with Gasteiger partial charge < -0.3 is 15.5 Å². The Balaban J connectivity index is 1.71. The van der Waals surface area contributed by atoms with Crippen molar-refractivity contribution in [1.29, 1.82) is 0 Å². The zero-order valence-electron chi connectivity index (χ0n) is 16.5. The van der Waals surface area contributed by atoms with Gasteiger partial charge in [0.2, 0.25) is 0 Å². The topological polar surface area (TPSA) is 56.7 Å². The predicted octanol–water partition coefficient (Wildman–Crippen LogP) is 2.73. The van der Waals surface area contributed by atoms with Crippen LogP contribution in [0.5, 0.6) is 0 Å². The first-order chi connectivity index (χ1) is 13.1. The summed E-state index contributed by atoms with van der Waals surface area (Å²) in [6.45, 7) is 1.64. The summed E-state index contributed by atoms with van der Waals surface area (Å²) >= 11 is 0. The van der Waals surface area contributed by atoms with Gasteiger partial charge in [-0.3, -0.25) is 9.79 Å². The molecule has 0 bridgehead atoms. The number of carbonyl (C=O) groups excluding carboxylic acids is 1. The van der Waals surface area contributed by atoms with Crippen LogP contribution in [-0.4, -0.2) is 51.0 Å². The van der Waals surface area contributed by atoms with Gasteiger partial charge in [0.1, 0.15) is 0 Å². The van der Waals surface area contributed by atoms with Gasteiger partial charge >= 0.3 is 0 Å². The van der Waals surface area contributed by atoms with Crippen LogP contribution in [0, 0.1) is 0 Å². The SMILES string of the molecule is CN=C(NCCCc1ccccc1)NCCc1cccc(C(=O)N(C)C)c1. The second-order valence-electron chi connectivity index (χ2n) is 6.66. The third-order valence-electron chi connectivity index (χ3n) is 4.29. The summed E-state index contributed by atoms with van der Waals surface area (Å²) in [6.07, 6.45) is 2.94. The van der Waals surface area contributed by atoms with Gasteiger partial charge in [0.25, 0.3) is 5.91 Å². The van der Waals surface area contributed by atoms with Gasteiger partial charge in [0.15, 0.2) is 5.96 Å². The highest BCUT2D eigenvalue weighted by Gasteiger charge is 2.08. The van der Waals surface area contributed by atoms with Crippen molar-refractivity contribution < 1.29 is 4.79 Å². The highest BCUT2D eigenvalue weighted by atomic mass is 16.2. The number of hydrogen-bond acceptors (Lipinski definition) is 2. The van der Waals surface area contributed by atoms with Crippen molar-refractivity contribution in [3.63, 3.8) is 0 Å². The van der Waals surface area contributed by atoms with E-state index in [1.54, 1.807) is 26.0 Å². The second-order valence-corrected chi connectivity index (χ2v) is 6.66. The van der Waals surface area contributed by atoms with Crippen molar-refractivity contribution in [3.8, 4) is 0 Å². The molecule has 5 heteroatoms. The molecule has 1 amide bonds. The molecule has 27 heavy (non-hydrogen) atoms. The largest absolute Gasteiger partial charge is 0.356 e. The second kappa shape index (κ2) is 11.0. The van der Waals surface area contributed by atoms with Gasteiger partial charge in [-0.15, -0.1) is 0 Å². The van der Waals surface area contributed by atoms with E-state index < -0.39 is 0 Å². The fourth-order valence-corrected chi connectivity index (χ4v) is 2.81. The summed E-state index contributed by atoms with van der Waals surface area (Å²) in [6, 6.07) is 18.3. The minimum Gasteiger partial charge on any atom is -0.356 e. The van der Waals surface area contributed by atoms with E-state index >= 15 is 0 Å². The van der Waals surface area contributed by atoms with Crippen molar-refractivity contribution in [1.82, 2.24) is 15.5 Å². The zero-order chi connectivity index (χ0) is 19.5. The van der Waals surface area contributed by atoms with Crippen LogP contribution in [-0.2, 0) is 12.8 Å². The Bertz CT molecular complexity index is 741. The van der Waals surface area contributed by atoms with E-state index in [1.165, 1.54) is 5.56 Å². The minimum atomic E-state index is 0.0284. The average molecular weight is 367 g/mol. The smallest absolute Gasteiger partial charge is 0.253 e. The number of rotatable bonds is 8. The maximum Gasteiger partial charge on any atom is 0.253 e. The lowest BCUT2D eigenvalue weighted by Gasteiger charge is -2.13. The van der Waals surface area contributed by atoms with Crippen LogP contribution in [0.25, 0.3) is 0 Å². The molecule has 0 saturated carbocycles. The lowest BCUT2D eigenvalue weighted by Crippen LogP contribution is -2.38. The van der Waals surface area contributed by atoms with Crippen LogP contribution < -0.4 is 10.6 Å². The molecule has 144 valence electrons. The molecule has 2 aromatic carbocycles. The zero-order valence-corrected chi connectivity index (χ0v) is 16.5. The Hall–Kier alpha value is -2.82.